The van der Waals surface area contributed by atoms with Crippen molar-refractivity contribution in [2.75, 3.05) is 30.4 Å². The van der Waals surface area contributed by atoms with Gasteiger partial charge in [-0.25, -0.2) is 0 Å². The van der Waals surface area contributed by atoms with Crippen LogP contribution in [0.2, 0.25) is 5.02 Å². The highest BCUT2D eigenvalue weighted by Crippen LogP contribution is 2.30. The maximum Gasteiger partial charge on any atom is 0.247 e. The van der Waals surface area contributed by atoms with Gasteiger partial charge in [0.2, 0.25) is 5.95 Å². The summed E-state index contributed by atoms with van der Waals surface area (Å²) in [5, 5.41) is 12.1. The number of hydrogen-bond acceptors (Lipinski definition) is 6. The Bertz CT molecular complexity index is 681. The summed E-state index contributed by atoms with van der Waals surface area (Å²) in [6.45, 7) is 4.18. The fourth-order valence-corrected chi connectivity index (χ4v) is 2.95. The summed E-state index contributed by atoms with van der Waals surface area (Å²) in [5.41, 5.74) is 0.749. The topological polar surface area (TPSA) is 63.2 Å². The average molecular weight is 334 g/mol. The van der Waals surface area contributed by atoms with Crippen LogP contribution in [0.1, 0.15) is 19.8 Å². The average Bonchev–Trinajstić information content (AvgIpc) is 2.55. The normalized spacial score (nSPS) is 17.9. The third-order valence-corrected chi connectivity index (χ3v) is 4.15. The number of benzene rings is 1. The van der Waals surface area contributed by atoms with Crippen LogP contribution in [0.4, 0.5) is 17.5 Å². The number of methoxy groups -OCH3 is 1. The van der Waals surface area contributed by atoms with Crippen LogP contribution < -0.4 is 15.0 Å². The van der Waals surface area contributed by atoms with Gasteiger partial charge in [-0.3, -0.25) is 0 Å². The number of aromatic nitrogens is 3. The van der Waals surface area contributed by atoms with E-state index in [4.69, 9.17) is 16.3 Å². The first-order valence-corrected chi connectivity index (χ1v) is 8.08. The molecule has 1 fully saturated rings. The zero-order valence-electron chi connectivity index (χ0n) is 13.3. The van der Waals surface area contributed by atoms with Gasteiger partial charge in [0.25, 0.3) is 0 Å². The smallest absolute Gasteiger partial charge is 0.247 e. The van der Waals surface area contributed by atoms with Gasteiger partial charge < -0.3 is 15.0 Å². The van der Waals surface area contributed by atoms with E-state index in [0.29, 0.717) is 28.5 Å². The van der Waals surface area contributed by atoms with Crippen LogP contribution in [-0.2, 0) is 0 Å². The highest BCUT2D eigenvalue weighted by molar-refractivity contribution is 6.31. The molecule has 0 radical (unpaired) electrons. The molecule has 2 aromatic rings. The lowest BCUT2D eigenvalue weighted by Crippen LogP contribution is -2.35. The van der Waals surface area contributed by atoms with E-state index in [-0.39, 0.29) is 0 Å². The third-order valence-electron chi connectivity index (χ3n) is 3.91. The number of nitrogens with one attached hydrogen (secondary N) is 1. The molecular weight excluding hydrogens is 314 g/mol. The molecule has 0 bridgehead atoms. The first-order chi connectivity index (χ1) is 11.2. The summed E-state index contributed by atoms with van der Waals surface area (Å²) in [5.74, 6) is 2.62. The molecule has 0 spiro atoms. The molecule has 1 N–H and O–H groups in total. The Morgan fingerprint density at radius 2 is 2.26 bits per heavy atom. The van der Waals surface area contributed by atoms with Gasteiger partial charge in [0.15, 0.2) is 5.82 Å². The Kier molecular flexibility index (Phi) is 4.81. The second-order valence-corrected chi connectivity index (χ2v) is 6.24. The lowest BCUT2D eigenvalue weighted by molar-refractivity contribution is 0.417. The molecule has 0 amide bonds. The van der Waals surface area contributed by atoms with Crippen molar-refractivity contribution >= 4 is 29.1 Å². The summed E-state index contributed by atoms with van der Waals surface area (Å²) in [4.78, 5) is 6.76. The Balaban J connectivity index is 1.81. The van der Waals surface area contributed by atoms with E-state index in [0.717, 1.165) is 25.2 Å². The zero-order valence-corrected chi connectivity index (χ0v) is 14.0. The molecule has 122 valence electrons. The van der Waals surface area contributed by atoms with E-state index in [1.54, 1.807) is 25.4 Å². The van der Waals surface area contributed by atoms with Gasteiger partial charge in [-0.2, -0.15) is 10.1 Å². The molecule has 1 aromatic carbocycles. The molecule has 0 aliphatic carbocycles. The van der Waals surface area contributed by atoms with E-state index in [9.17, 15) is 0 Å². The summed E-state index contributed by atoms with van der Waals surface area (Å²) in [7, 11) is 1.62. The number of rotatable bonds is 4. The summed E-state index contributed by atoms with van der Waals surface area (Å²) >= 11 is 6.06. The third kappa shape index (κ3) is 3.82. The minimum absolute atomic E-state index is 0.619. The first kappa shape index (κ1) is 15.8. The van der Waals surface area contributed by atoms with Crippen LogP contribution in [-0.4, -0.2) is 35.4 Å². The van der Waals surface area contributed by atoms with Gasteiger partial charge in [0, 0.05) is 18.1 Å². The van der Waals surface area contributed by atoms with Crippen molar-refractivity contribution < 1.29 is 4.74 Å². The van der Waals surface area contributed by atoms with Crippen molar-refractivity contribution in [2.45, 2.75) is 19.8 Å². The molecule has 1 saturated heterocycles. The minimum atomic E-state index is 0.619. The number of piperidine rings is 1. The second kappa shape index (κ2) is 7.00. The van der Waals surface area contributed by atoms with Crippen LogP contribution >= 0.6 is 11.6 Å². The molecular formula is C16H20ClN5O. The standard InChI is InChI=1S/C16H20ClN5O/c1-11-4-3-7-22(10-11)16-20-15(9-18-21-16)19-13-8-12(17)5-6-14(13)23-2/h5-6,8-9,11H,3-4,7,10H2,1-2H3,(H,19,20,21). The molecule has 2 heterocycles. The molecule has 23 heavy (non-hydrogen) atoms. The van der Waals surface area contributed by atoms with Crippen molar-refractivity contribution in [1.82, 2.24) is 15.2 Å². The van der Waals surface area contributed by atoms with Crippen molar-refractivity contribution in [3.8, 4) is 5.75 Å². The predicted molar refractivity (Wildman–Crippen MR) is 91.7 cm³/mol. The Labute approximate surface area is 140 Å². The summed E-state index contributed by atoms with van der Waals surface area (Å²) in [6, 6.07) is 5.39. The first-order valence-electron chi connectivity index (χ1n) is 7.71. The van der Waals surface area contributed by atoms with Gasteiger partial charge in [0.05, 0.1) is 19.0 Å². The molecule has 1 aliphatic rings. The number of halogens is 1. The Morgan fingerprint density at radius 3 is 3.04 bits per heavy atom. The molecule has 7 heteroatoms. The maximum atomic E-state index is 6.06. The van der Waals surface area contributed by atoms with Crippen molar-refractivity contribution in [2.24, 2.45) is 5.92 Å². The van der Waals surface area contributed by atoms with E-state index in [2.05, 4.69) is 32.3 Å². The molecule has 3 rings (SSSR count). The van der Waals surface area contributed by atoms with E-state index in [1.165, 1.54) is 6.42 Å². The molecule has 0 saturated carbocycles. The number of ether oxygens (including phenoxy) is 1. The fourth-order valence-electron chi connectivity index (χ4n) is 2.78. The summed E-state index contributed by atoms with van der Waals surface area (Å²) < 4.78 is 5.34. The molecule has 1 aliphatic heterocycles. The fraction of sp³-hybridized carbons (Fsp3) is 0.438. The van der Waals surface area contributed by atoms with Gasteiger partial charge in [0.1, 0.15) is 5.75 Å². The van der Waals surface area contributed by atoms with Gasteiger partial charge in [-0.15, -0.1) is 5.10 Å². The highest BCUT2D eigenvalue weighted by atomic mass is 35.5. The largest absolute Gasteiger partial charge is 0.495 e. The van der Waals surface area contributed by atoms with Crippen LogP contribution in [0.3, 0.4) is 0 Å². The molecule has 1 unspecified atom stereocenters. The van der Waals surface area contributed by atoms with Crippen LogP contribution in [0.15, 0.2) is 24.4 Å². The SMILES string of the molecule is COc1ccc(Cl)cc1Nc1cnnc(N2CCCC(C)C2)n1. The lowest BCUT2D eigenvalue weighted by Gasteiger charge is -2.30. The molecule has 6 nitrogen and oxygen atoms in total. The van der Waals surface area contributed by atoms with Crippen molar-refractivity contribution in [3.05, 3.63) is 29.4 Å². The van der Waals surface area contributed by atoms with Crippen molar-refractivity contribution in [1.29, 1.82) is 0 Å². The van der Waals surface area contributed by atoms with Crippen LogP contribution in [0.5, 0.6) is 5.75 Å². The van der Waals surface area contributed by atoms with Crippen LogP contribution in [0.25, 0.3) is 0 Å². The second-order valence-electron chi connectivity index (χ2n) is 5.80. The van der Waals surface area contributed by atoms with E-state index < -0.39 is 0 Å². The number of anilines is 3. The van der Waals surface area contributed by atoms with Gasteiger partial charge in [-0.1, -0.05) is 18.5 Å². The molecule has 1 aromatic heterocycles. The lowest BCUT2D eigenvalue weighted by atomic mass is 10.0. The Morgan fingerprint density at radius 1 is 1.39 bits per heavy atom. The molecule has 1 atom stereocenters. The zero-order chi connectivity index (χ0) is 16.2. The quantitative estimate of drug-likeness (QED) is 0.923. The summed E-state index contributed by atoms with van der Waals surface area (Å²) in [6.07, 6.45) is 4.00. The van der Waals surface area contributed by atoms with Gasteiger partial charge in [-0.05, 0) is 37.0 Å². The minimum Gasteiger partial charge on any atom is -0.495 e. The highest BCUT2D eigenvalue weighted by Gasteiger charge is 2.19. The van der Waals surface area contributed by atoms with Crippen molar-refractivity contribution in [3.63, 3.8) is 0 Å². The van der Waals surface area contributed by atoms with Crippen LogP contribution in [0, 0.1) is 5.92 Å². The van der Waals surface area contributed by atoms with E-state index >= 15 is 0 Å². The number of hydrogen-bond donors (Lipinski definition) is 1. The monoisotopic (exact) mass is 333 g/mol. The maximum absolute atomic E-state index is 6.06. The number of nitrogens with zero attached hydrogens (tertiary/aromatic N) is 4. The van der Waals surface area contributed by atoms with E-state index in [1.807, 2.05) is 6.07 Å². The Hall–Kier alpha value is -2.08. The predicted octanol–water partition coefficient (Wildman–Crippen LogP) is 3.51. The van der Waals surface area contributed by atoms with Gasteiger partial charge >= 0.3 is 0 Å².